The highest BCUT2D eigenvalue weighted by atomic mass is 79.9. The highest BCUT2D eigenvalue weighted by Crippen LogP contribution is 2.29. The van der Waals surface area contributed by atoms with Crippen molar-refractivity contribution in [2.75, 3.05) is 6.61 Å². The third-order valence-electron chi connectivity index (χ3n) is 4.01. The number of hydrogen-bond donors (Lipinski definition) is 1. The van der Waals surface area contributed by atoms with Gasteiger partial charge >= 0.3 is 5.97 Å². The largest absolute Gasteiger partial charge is 0.461 e. The molecule has 1 aliphatic rings. The number of Topliss-reactive ketones (excluding diaryl/α,β-unsaturated/α-hetero) is 1. The predicted octanol–water partition coefficient (Wildman–Crippen LogP) is 3.31. The van der Waals surface area contributed by atoms with Crippen LogP contribution in [0.5, 0.6) is 0 Å². The van der Waals surface area contributed by atoms with E-state index in [9.17, 15) is 9.59 Å². The van der Waals surface area contributed by atoms with Crippen LogP contribution in [-0.4, -0.2) is 30.1 Å². The molecule has 0 radical (unpaired) electrons. The SMILES string of the molecule is CCOC(=O)C1=NN[C@@H](C(=O)c2ccc(Br)cc2)[C@@H]1c1ccccc1. The van der Waals surface area contributed by atoms with Crippen molar-refractivity contribution in [3.05, 3.63) is 70.2 Å². The van der Waals surface area contributed by atoms with Crippen LogP contribution in [0, 0.1) is 0 Å². The molecule has 0 aliphatic carbocycles. The van der Waals surface area contributed by atoms with Gasteiger partial charge in [-0.3, -0.25) is 10.2 Å². The zero-order chi connectivity index (χ0) is 17.8. The maximum Gasteiger partial charge on any atom is 0.355 e. The molecule has 0 aromatic heterocycles. The molecule has 3 rings (SSSR count). The lowest BCUT2D eigenvalue weighted by Gasteiger charge is -2.19. The average Bonchev–Trinajstić information content (AvgIpc) is 3.08. The number of benzene rings is 2. The van der Waals surface area contributed by atoms with Gasteiger partial charge in [-0.05, 0) is 24.6 Å². The van der Waals surface area contributed by atoms with Gasteiger partial charge in [-0.2, -0.15) is 5.10 Å². The third kappa shape index (κ3) is 3.64. The molecule has 0 amide bonds. The highest BCUT2D eigenvalue weighted by molar-refractivity contribution is 9.10. The molecule has 6 heteroatoms. The van der Waals surface area contributed by atoms with E-state index in [2.05, 4.69) is 26.5 Å². The lowest BCUT2D eigenvalue weighted by Crippen LogP contribution is -2.37. The molecule has 0 unspecified atom stereocenters. The summed E-state index contributed by atoms with van der Waals surface area (Å²) in [4.78, 5) is 25.2. The summed E-state index contributed by atoms with van der Waals surface area (Å²) >= 11 is 3.36. The van der Waals surface area contributed by atoms with Gasteiger partial charge in [0.2, 0.25) is 0 Å². The Bertz CT molecular complexity index is 803. The van der Waals surface area contributed by atoms with Crippen molar-refractivity contribution in [1.29, 1.82) is 0 Å². The molecule has 0 bridgehead atoms. The van der Waals surface area contributed by atoms with Crippen LogP contribution in [0.2, 0.25) is 0 Å². The van der Waals surface area contributed by atoms with Crippen molar-refractivity contribution in [3.63, 3.8) is 0 Å². The topological polar surface area (TPSA) is 67.8 Å². The van der Waals surface area contributed by atoms with Gasteiger partial charge in [0.15, 0.2) is 11.5 Å². The molecule has 1 heterocycles. The van der Waals surface area contributed by atoms with Gasteiger partial charge in [-0.1, -0.05) is 58.4 Å². The summed E-state index contributed by atoms with van der Waals surface area (Å²) in [5, 5.41) is 4.12. The summed E-state index contributed by atoms with van der Waals surface area (Å²) < 4.78 is 5.99. The molecule has 2 atom stereocenters. The Morgan fingerprint density at radius 2 is 1.80 bits per heavy atom. The first-order chi connectivity index (χ1) is 12.1. The number of nitrogens with one attached hydrogen (secondary N) is 1. The van der Waals surface area contributed by atoms with Crippen LogP contribution in [0.4, 0.5) is 0 Å². The summed E-state index contributed by atoms with van der Waals surface area (Å²) in [5.74, 6) is -1.12. The second-order valence-corrected chi connectivity index (χ2v) is 6.50. The average molecular weight is 401 g/mol. The first kappa shape index (κ1) is 17.4. The summed E-state index contributed by atoms with van der Waals surface area (Å²) in [5.41, 5.74) is 4.46. The lowest BCUT2D eigenvalue weighted by molar-refractivity contribution is -0.135. The Balaban J connectivity index is 1.94. The van der Waals surface area contributed by atoms with Crippen molar-refractivity contribution in [1.82, 2.24) is 5.43 Å². The fourth-order valence-corrected chi connectivity index (χ4v) is 3.10. The number of rotatable bonds is 5. The Kier molecular flexibility index (Phi) is 5.28. The summed E-state index contributed by atoms with van der Waals surface area (Å²) in [6.07, 6.45) is 0. The second kappa shape index (κ2) is 7.61. The fourth-order valence-electron chi connectivity index (χ4n) is 2.83. The molecule has 1 aliphatic heterocycles. The molecule has 25 heavy (non-hydrogen) atoms. The molecule has 0 spiro atoms. The number of hydrogen-bond acceptors (Lipinski definition) is 5. The zero-order valence-electron chi connectivity index (χ0n) is 13.6. The Labute approximate surface area is 154 Å². The normalized spacial score (nSPS) is 19.0. The van der Waals surface area contributed by atoms with Crippen molar-refractivity contribution in [2.24, 2.45) is 5.10 Å². The van der Waals surface area contributed by atoms with E-state index >= 15 is 0 Å². The van der Waals surface area contributed by atoms with Crippen LogP contribution in [-0.2, 0) is 9.53 Å². The monoisotopic (exact) mass is 400 g/mol. The van der Waals surface area contributed by atoms with Crippen molar-refractivity contribution in [2.45, 2.75) is 18.9 Å². The van der Waals surface area contributed by atoms with E-state index in [0.29, 0.717) is 5.56 Å². The van der Waals surface area contributed by atoms with Crippen LogP contribution < -0.4 is 5.43 Å². The highest BCUT2D eigenvalue weighted by Gasteiger charge is 2.41. The summed E-state index contributed by atoms with van der Waals surface area (Å²) in [6.45, 7) is 1.99. The zero-order valence-corrected chi connectivity index (χ0v) is 15.2. The minimum absolute atomic E-state index is 0.121. The van der Waals surface area contributed by atoms with E-state index in [1.807, 2.05) is 42.5 Å². The van der Waals surface area contributed by atoms with E-state index < -0.39 is 17.9 Å². The van der Waals surface area contributed by atoms with E-state index in [1.54, 1.807) is 19.1 Å². The van der Waals surface area contributed by atoms with Gasteiger partial charge in [0.1, 0.15) is 6.04 Å². The van der Waals surface area contributed by atoms with Crippen LogP contribution >= 0.6 is 15.9 Å². The minimum atomic E-state index is -0.650. The third-order valence-corrected chi connectivity index (χ3v) is 4.54. The predicted molar refractivity (Wildman–Crippen MR) is 98.6 cm³/mol. The molecule has 1 N–H and O–H groups in total. The van der Waals surface area contributed by atoms with E-state index in [4.69, 9.17) is 4.74 Å². The number of carbonyl (C=O) groups excluding carboxylic acids is 2. The molecular formula is C19H17BrN2O3. The molecule has 2 aromatic rings. The molecule has 2 aromatic carbocycles. The quantitative estimate of drug-likeness (QED) is 0.617. The molecule has 128 valence electrons. The van der Waals surface area contributed by atoms with Crippen LogP contribution in [0.15, 0.2) is 64.2 Å². The van der Waals surface area contributed by atoms with Crippen LogP contribution in [0.25, 0.3) is 0 Å². The number of hydrazone groups is 1. The van der Waals surface area contributed by atoms with Gasteiger partial charge in [-0.15, -0.1) is 0 Å². The Morgan fingerprint density at radius 1 is 1.12 bits per heavy atom. The van der Waals surface area contributed by atoms with Gasteiger partial charge in [0, 0.05) is 10.0 Å². The van der Waals surface area contributed by atoms with Crippen molar-refractivity contribution >= 4 is 33.4 Å². The van der Waals surface area contributed by atoms with Crippen LogP contribution in [0.1, 0.15) is 28.8 Å². The number of nitrogens with zero attached hydrogens (tertiary/aromatic N) is 1. The standard InChI is InChI=1S/C19H17BrN2O3/c1-2-25-19(24)17-15(12-6-4-3-5-7-12)16(21-22-17)18(23)13-8-10-14(20)11-9-13/h3-11,15-16,21H,2H2,1H3/t15-,16+/m0/s1. The maximum atomic E-state index is 13.0. The van der Waals surface area contributed by atoms with Gasteiger partial charge in [-0.25, -0.2) is 4.79 Å². The molecule has 5 nitrogen and oxygen atoms in total. The number of halogens is 1. The smallest absolute Gasteiger partial charge is 0.355 e. The number of ether oxygens (including phenoxy) is 1. The van der Waals surface area contributed by atoms with Gasteiger partial charge in [0.25, 0.3) is 0 Å². The maximum absolute atomic E-state index is 13.0. The van der Waals surface area contributed by atoms with Crippen molar-refractivity contribution in [3.8, 4) is 0 Å². The van der Waals surface area contributed by atoms with E-state index in [0.717, 1.165) is 10.0 Å². The Hall–Kier alpha value is -2.47. The summed E-state index contributed by atoms with van der Waals surface area (Å²) in [6, 6.07) is 15.9. The lowest BCUT2D eigenvalue weighted by atomic mass is 9.84. The molecule has 0 saturated heterocycles. The fraction of sp³-hybridized carbons (Fsp3) is 0.211. The first-order valence-corrected chi connectivity index (χ1v) is 8.76. The van der Waals surface area contributed by atoms with Gasteiger partial charge in [0.05, 0.1) is 12.5 Å². The minimum Gasteiger partial charge on any atom is -0.461 e. The number of carbonyl (C=O) groups is 2. The van der Waals surface area contributed by atoms with Crippen molar-refractivity contribution < 1.29 is 14.3 Å². The van der Waals surface area contributed by atoms with E-state index in [1.165, 1.54) is 0 Å². The van der Waals surface area contributed by atoms with Crippen LogP contribution in [0.3, 0.4) is 0 Å². The molecular weight excluding hydrogens is 384 g/mol. The Morgan fingerprint density at radius 3 is 2.44 bits per heavy atom. The van der Waals surface area contributed by atoms with Gasteiger partial charge < -0.3 is 4.74 Å². The molecule has 0 fully saturated rings. The first-order valence-electron chi connectivity index (χ1n) is 7.96. The number of ketones is 1. The molecule has 0 saturated carbocycles. The van der Waals surface area contributed by atoms with E-state index in [-0.39, 0.29) is 18.1 Å². The second-order valence-electron chi connectivity index (χ2n) is 5.58. The number of esters is 1. The summed E-state index contributed by atoms with van der Waals surface area (Å²) in [7, 11) is 0.